The topological polar surface area (TPSA) is 0 Å². The second-order valence-corrected chi connectivity index (χ2v) is 9.61. The van der Waals surface area contributed by atoms with Crippen LogP contribution in [-0.2, 0) is 11.8 Å². The molecule has 2 saturated carbocycles. The summed E-state index contributed by atoms with van der Waals surface area (Å²) in [4.78, 5) is 0. The minimum Gasteiger partial charge on any atom is -0.0620 e. The van der Waals surface area contributed by atoms with E-state index in [1.54, 1.807) is 11.1 Å². The summed E-state index contributed by atoms with van der Waals surface area (Å²) in [6.07, 6.45) is 9.89. The second-order valence-electron chi connectivity index (χ2n) is 9.61. The maximum atomic E-state index is 2.66. The largest absolute Gasteiger partial charge is 0.0620 e. The average molecular weight is 296 g/mol. The summed E-state index contributed by atoms with van der Waals surface area (Å²) in [5, 5.41) is 0. The molecule has 0 spiro atoms. The van der Waals surface area contributed by atoms with Crippen LogP contribution < -0.4 is 0 Å². The number of fused-ring (bicyclic) bond motifs is 5. The van der Waals surface area contributed by atoms with Gasteiger partial charge in [0.2, 0.25) is 0 Å². The highest BCUT2D eigenvalue weighted by molar-refractivity contribution is 5.39. The Hall–Kier alpha value is -0.780. The molecule has 0 amide bonds. The standard InChI is InChI=1S/C22H32/c1-20(2)13-7-14-22(4)18(20)12-15-21(3)17-9-6-5-8-16(17)10-11-19(21)22/h5-6,8-9,18-19H,7,10-15H2,1-4H3/t18-,19-,21-,22-/m0/s1. The first-order valence-electron chi connectivity index (χ1n) is 9.46. The Balaban J connectivity index is 1.81. The van der Waals surface area contributed by atoms with E-state index >= 15 is 0 Å². The molecule has 1 aromatic carbocycles. The van der Waals surface area contributed by atoms with Crippen molar-refractivity contribution in [2.45, 2.75) is 78.1 Å². The number of benzene rings is 1. The van der Waals surface area contributed by atoms with Gasteiger partial charge in [0.1, 0.15) is 0 Å². The van der Waals surface area contributed by atoms with E-state index in [-0.39, 0.29) is 0 Å². The molecule has 3 aliphatic carbocycles. The Labute approximate surface area is 136 Å². The van der Waals surface area contributed by atoms with E-state index in [2.05, 4.69) is 52.0 Å². The van der Waals surface area contributed by atoms with Crippen molar-refractivity contribution >= 4 is 0 Å². The lowest BCUT2D eigenvalue weighted by Gasteiger charge is -2.64. The van der Waals surface area contributed by atoms with Crippen LogP contribution in [0.25, 0.3) is 0 Å². The Kier molecular flexibility index (Phi) is 3.10. The van der Waals surface area contributed by atoms with Gasteiger partial charge in [-0.15, -0.1) is 0 Å². The van der Waals surface area contributed by atoms with Crippen LogP contribution in [0.3, 0.4) is 0 Å². The molecule has 0 bridgehead atoms. The highest BCUT2D eigenvalue weighted by Crippen LogP contribution is 2.66. The molecule has 0 N–H and O–H groups in total. The summed E-state index contributed by atoms with van der Waals surface area (Å²) in [5.41, 5.74) is 4.86. The van der Waals surface area contributed by atoms with Gasteiger partial charge in [-0.25, -0.2) is 0 Å². The van der Waals surface area contributed by atoms with E-state index in [1.165, 1.54) is 44.9 Å². The van der Waals surface area contributed by atoms with Crippen LogP contribution in [0.1, 0.15) is 77.3 Å². The zero-order valence-electron chi connectivity index (χ0n) is 14.9. The molecule has 0 nitrogen and oxygen atoms in total. The van der Waals surface area contributed by atoms with Gasteiger partial charge < -0.3 is 0 Å². The van der Waals surface area contributed by atoms with E-state index in [1.807, 2.05) is 0 Å². The normalized spacial score (nSPS) is 42.9. The third-order valence-corrected chi connectivity index (χ3v) is 8.13. The average Bonchev–Trinajstić information content (AvgIpc) is 2.46. The van der Waals surface area contributed by atoms with Crippen molar-refractivity contribution in [1.82, 2.24) is 0 Å². The summed E-state index contributed by atoms with van der Waals surface area (Å²) in [6, 6.07) is 9.33. The summed E-state index contributed by atoms with van der Waals surface area (Å²) in [6.45, 7) is 10.4. The smallest absolute Gasteiger partial charge is 0.00388 e. The zero-order chi connectivity index (χ0) is 15.6. The molecule has 4 rings (SSSR count). The molecule has 22 heavy (non-hydrogen) atoms. The van der Waals surface area contributed by atoms with Gasteiger partial charge in [0.15, 0.2) is 0 Å². The van der Waals surface area contributed by atoms with Crippen molar-refractivity contribution in [2.75, 3.05) is 0 Å². The lowest BCUT2D eigenvalue weighted by molar-refractivity contribution is -0.110. The van der Waals surface area contributed by atoms with Crippen LogP contribution in [0.2, 0.25) is 0 Å². The van der Waals surface area contributed by atoms with Gasteiger partial charge in [0.25, 0.3) is 0 Å². The minimum atomic E-state index is 0.424. The summed E-state index contributed by atoms with van der Waals surface area (Å²) < 4.78 is 0. The van der Waals surface area contributed by atoms with Crippen molar-refractivity contribution in [3.63, 3.8) is 0 Å². The highest BCUT2D eigenvalue weighted by atomic mass is 14.6. The Morgan fingerprint density at radius 3 is 2.45 bits per heavy atom. The van der Waals surface area contributed by atoms with Gasteiger partial charge in [-0.3, -0.25) is 0 Å². The van der Waals surface area contributed by atoms with E-state index in [4.69, 9.17) is 0 Å². The van der Waals surface area contributed by atoms with Crippen LogP contribution in [0.15, 0.2) is 24.3 Å². The maximum absolute atomic E-state index is 2.66. The number of rotatable bonds is 0. The molecule has 1 aromatic rings. The molecule has 0 aliphatic heterocycles. The fourth-order valence-electron chi connectivity index (χ4n) is 7.22. The lowest BCUT2D eigenvalue weighted by Crippen LogP contribution is -2.57. The predicted molar refractivity (Wildman–Crippen MR) is 94.1 cm³/mol. The van der Waals surface area contributed by atoms with Crippen molar-refractivity contribution in [3.8, 4) is 0 Å². The van der Waals surface area contributed by atoms with Crippen molar-refractivity contribution < 1.29 is 0 Å². The molecule has 0 unspecified atom stereocenters. The van der Waals surface area contributed by atoms with Gasteiger partial charge >= 0.3 is 0 Å². The van der Waals surface area contributed by atoms with Crippen LogP contribution in [-0.4, -0.2) is 0 Å². The first-order valence-corrected chi connectivity index (χ1v) is 9.46. The monoisotopic (exact) mass is 296 g/mol. The molecule has 0 heterocycles. The van der Waals surface area contributed by atoms with Crippen molar-refractivity contribution in [3.05, 3.63) is 35.4 Å². The van der Waals surface area contributed by atoms with Crippen LogP contribution in [0.5, 0.6) is 0 Å². The summed E-state index contributed by atoms with van der Waals surface area (Å²) in [7, 11) is 0. The molecule has 2 fully saturated rings. The minimum absolute atomic E-state index is 0.424. The lowest BCUT2D eigenvalue weighted by atomic mass is 9.40. The van der Waals surface area contributed by atoms with Crippen molar-refractivity contribution in [2.24, 2.45) is 22.7 Å². The van der Waals surface area contributed by atoms with Gasteiger partial charge in [0.05, 0.1) is 0 Å². The third kappa shape index (κ3) is 1.82. The van der Waals surface area contributed by atoms with E-state index in [0.717, 1.165) is 11.8 Å². The Bertz CT molecular complexity index is 583. The number of hydrogen-bond donors (Lipinski definition) is 0. The third-order valence-electron chi connectivity index (χ3n) is 8.13. The zero-order valence-corrected chi connectivity index (χ0v) is 14.9. The summed E-state index contributed by atoms with van der Waals surface area (Å²) >= 11 is 0. The number of aryl methyl sites for hydroxylation is 1. The predicted octanol–water partition coefficient (Wildman–Crippen LogP) is 6.13. The quantitative estimate of drug-likeness (QED) is 0.540. The van der Waals surface area contributed by atoms with Crippen molar-refractivity contribution in [1.29, 1.82) is 0 Å². The van der Waals surface area contributed by atoms with Gasteiger partial charge in [-0.05, 0) is 77.7 Å². The van der Waals surface area contributed by atoms with Gasteiger partial charge in [0, 0.05) is 0 Å². The van der Waals surface area contributed by atoms with Gasteiger partial charge in [-0.2, -0.15) is 0 Å². The highest BCUT2D eigenvalue weighted by Gasteiger charge is 2.59. The molecule has 0 aromatic heterocycles. The Morgan fingerprint density at radius 1 is 0.864 bits per heavy atom. The van der Waals surface area contributed by atoms with E-state index in [0.29, 0.717) is 16.2 Å². The first-order chi connectivity index (χ1) is 10.4. The molecule has 120 valence electrons. The van der Waals surface area contributed by atoms with E-state index < -0.39 is 0 Å². The molecule has 0 heteroatoms. The second kappa shape index (κ2) is 4.62. The fourth-order valence-corrected chi connectivity index (χ4v) is 7.22. The summed E-state index contributed by atoms with van der Waals surface area (Å²) in [5.74, 6) is 1.81. The SMILES string of the molecule is CC1(C)CCC[C@]2(C)[C@H]3CCc4ccccc4[C@]3(C)CC[C@@H]12. The molecule has 0 radical (unpaired) electrons. The number of hydrogen-bond acceptors (Lipinski definition) is 0. The molecular formula is C22H32. The van der Waals surface area contributed by atoms with E-state index in [9.17, 15) is 0 Å². The fraction of sp³-hybridized carbons (Fsp3) is 0.727. The van der Waals surface area contributed by atoms with Crippen LogP contribution in [0.4, 0.5) is 0 Å². The first kappa shape index (κ1) is 14.8. The molecule has 3 aliphatic rings. The van der Waals surface area contributed by atoms with Crippen LogP contribution in [0, 0.1) is 22.7 Å². The van der Waals surface area contributed by atoms with Gasteiger partial charge in [-0.1, -0.05) is 58.4 Å². The van der Waals surface area contributed by atoms with Crippen LogP contribution >= 0.6 is 0 Å². The molecular weight excluding hydrogens is 264 g/mol. The Morgan fingerprint density at radius 2 is 1.64 bits per heavy atom. The molecule has 4 atom stereocenters. The molecule has 0 saturated heterocycles. The maximum Gasteiger partial charge on any atom is -0.00388 e.